The van der Waals surface area contributed by atoms with Gasteiger partial charge in [-0.2, -0.15) is 0 Å². The molecule has 4 rings (SSSR count). The third-order valence-corrected chi connectivity index (χ3v) is 7.14. The van der Waals surface area contributed by atoms with Crippen molar-refractivity contribution in [2.24, 2.45) is 0 Å². The van der Waals surface area contributed by atoms with Gasteiger partial charge in [-0.1, -0.05) is 18.2 Å². The minimum absolute atomic E-state index is 0.0343. The summed E-state index contributed by atoms with van der Waals surface area (Å²) >= 11 is 0. The highest BCUT2D eigenvalue weighted by Crippen LogP contribution is 2.34. The summed E-state index contributed by atoms with van der Waals surface area (Å²) in [6, 6.07) is 12.5. The predicted octanol–water partition coefficient (Wildman–Crippen LogP) is 3.35. The SMILES string of the molecule is CC(C)NC(=O)c1ccc(N2CCC(N3C(=O)OCc4ccccc43)CC2)c(S(C)(=O)=O)c1. The Morgan fingerprint density at radius 1 is 1.09 bits per heavy atom. The van der Waals surface area contributed by atoms with Crippen molar-refractivity contribution in [3.63, 3.8) is 0 Å². The van der Waals surface area contributed by atoms with Crippen molar-refractivity contribution in [3.8, 4) is 0 Å². The molecule has 2 aromatic rings. The number of amides is 2. The number of carbonyl (C=O) groups excluding carboxylic acids is 2. The quantitative estimate of drug-likeness (QED) is 0.719. The van der Waals surface area contributed by atoms with Crippen LogP contribution in [0.2, 0.25) is 0 Å². The zero-order valence-electron chi connectivity index (χ0n) is 19.1. The van der Waals surface area contributed by atoms with E-state index in [1.165, 1.54) is 6.07 Å². The normalized spacial score (nSPS) is 17.0. The van der Waals surface area contributed by atoms with E-state index in [1.54, 1.807) is 17.0 Å². The molecule has 176 valence electrons. The van der Waals surface area contributed by atoms with Gasteiger partial charge >= 0.3 is 6.09 Å². The van der Waals surface area contributed by atoms with E-state index < -0.39 is 9.84 Å². The van der Waals surface area contributed by atoms with Crippen molar-refractivity contribution < 1.29 is 22.7 Å². The summed E-state index contributed by atoms with van der Waals surface area (Å²) in [6.07, 6.45) is 2.15. The Kier molecular flexibility index (Phi) is 6.34. The van der Waals surface area contributed by atoms with E-state index in [2.05, 4.69) is 5.32 Å². The van der Waals surface area contributed by atoms with Crippen LogP contribution in [-0.4, -0.2) is 51.8 Å². The maximum Gasteiger partial charge on any atom is 0.414 e. The van der Waals surface area contributed by atoms with Gasteiger partial charge in [0.05, 0.1) is 16.3 Å². The molecule has 1 fully saturated rings. The molecule has 1 N–H and O–H groups in total. The van der Waals surface area contributed by atoms with Gasteiger partial charge in [-0.3, -0.25) is 9.69 Å². The second kappa shape index (κ2) is 9.05. The number of nitrogens with zero attached hydrogens (tertiary/aromatic N) is 2. The topological polar surface area (TPSA) is 96.0 Å². The Labute approximate surface area is 194 Å². The number of sulfone groups is 1. The van der Waals surface area contributed by atoms with Gasteiger partial charge in [-0.15, -0.1) is 0 Å². The lowest BCUT2D eigenvalue weighted by Crippen LogP contribution is -2.49. The highest BCUT2D eigenvalue weighted by molar-refractivity contribution is 7.90. The molecule has 2 aliphatic rings. The first-order chi connectivity index (χ1) is 15.6. The van der Waals surface area contributed by atoms with E-state index in [0.29, 0.717) is 37.2 Å². The van der Waals surface area contributed by atoms with E-state index in [0.717, 1.165) is 17.5 Å². The van der Waals surface area contributed by atoms with Crippen molar-refractivity contribution in [2.75, 3.05) is 29.1 Å². The smallest absolute Gasteiger partial charge is 0.414 e. The molecule has 8 nitrogen and oxygen atoms in total. The molecule has 2 aliphatic heterocycles. The molecule has 0 aliphatic carbocycles. The first kappa shape index (κ1) is 23.1. The number of ether oxygens (including phenoxy) is 1. The summed E-state index contributed by atoms with van der Waals surface area (Å²) in [4.78, 5) is 28.8. The predicted molar refractivity (Wildman–Crippen MR) is 126 cm³/mol. The van der Waals surface area contributed by atoms with Crippen molar-refractivity contribution in [1.82, 2.24) is 5.32 Å². The van der Waals surface area contributed by atoms with Gasteiger partial charge in [-0.05, 0) is 51.0 Å². The summed E-state index contributed by atoms with van der Waals surface area (Å²) in [6.45, 7) is 5.14. The second-order valence-electron chi connectivity index (χ2n) is 8.85. The van der Waals surface area contributed by atoms with E-state index in [-0.39, 0.29) is 35.6 Å². The van der Waals surface area contributed by atoms with Gasteiger partial charge in [0, 0.05) is 42.6 Å². The minimum Gasteiger partial charge on any atom is -0.444 e. The standard InChI is InChI=1S/C24H29N3O5S/c1-16(2)25-23(28)17-8-9-21(22(14-17)33(3,30)31)26-12-10-19(11-13-26)27-20-7-5-4-6-18(20)15-32-24(27)29/h4-9,14,16,19H,10-13,15H2,1-3H3,(H,25,28). The van der Waals surface area contributed by atoms with Crippen LogP contribution in [0.5, 0.6) is 0 Å². The molecule has 0 radical (unpaired) electrons. The van der Waals surface area contributed by atoms with Crippen molar-refractivity contribution in [2.45, 2.75) is 50.3 Å². The summed E-state index contributed by atoms with van der Waals surface area (Å²) in [5.41, 5.74) is 2.76. The summed E-state index contributed by atoms with van der Waals surface area (Å²) < 4.78 is 30.5. The lowest BCUT2D eigenvalue weighted by Gasteiger charge is -2.41. The first-order valence-corrected chi connectivity index (χ1v) is 13.0. The van der Waals surface area contributed by atoms with Crippen LogP contribution in [0.25, 0.3) is 0 Å². The van der Waals surface area contributed by atoms with Crippen molar-refractivity contribution in [3.05, 3.63) is 53.6 Å². The van der Waals surface area contributed by atoms with Crippen LogP contribution in [0, 0.1) is 0 Å². The molecule has 33 heavy (non-hydrogen) atoms. The maximum absolute atomic E-state index is 12.6. The number of carbonyl (C=O) groups is 2. The summed E-state index contributed by atoms with van der Waals surface area (Å²) in [5, 5.41) is 2.79. The highest BCUT2D eigenvalue weighted by Gasteiger charge is 2.35. The van der Waals surface area contributed by atoms with Gasteiger partial charge in [-0.25, -0.2) is 13.2 Å². The summed E-state index contributed by atoms with van der Waals surface area (Å²) in [7, 11) is -3.56. The molecule has 0 atom stereocenters. The Bertz CT molecular complexity index is 1170. The van der Waals surface area contributed by atoms with Gasteiger partial charge in [0.15, 0.2) is 9.84 Å². The fraction of sp³-hybridized carbons (Fsp3) is 0.417. The van der Waals surface area contributed by atoms with Gasteiger partial charge in [0.1, 0.15) is 6.61 Å². The average molecular weight is 472 g/mol. The van der Waals surface area contributed by atoms with Crippen LogP contribution in [0.3, 0.4) is 0 Å². The number of para-hydroxylation sites is 1. The Balaban J connectivity index is 1.55. The Hall–Kier alpha value is -3.07. The molecule has 0 aromatic heterocycles. The number of benzene rings is 2. The molecular formula is C24H29N3O5S. The average Bonchev–Trinajstić information content (AvgIpc) is 2.78. The number of hydrogen-bond donors (Lipinski definition) is 1. The molecule has 2 amide bonds. The number of cyclic esters (lactones) is 1. The zero-order chi connectivity index (χ0) is 23.8. The second-order valence-corrected chi connectivity index (χ2v) is 10.8. The largest absolute Gasteiger partial charge is 0.444 e. The molecule has 9 heteroatoms. The van der Waals surface area contributed by atoms with E-state index >= 15 is 0 Å². The number of hydrogen-bond acceptors (Lipinski definition) is 6. The van der Waals surface area contributed by atoms with Crippen LogP contribution >= 0.6 is 0 Å². The van der Waals surface area contributed by atoms with Crippen LogP contribution < -0.4 is 15.1 Å². The molecule has 1 saturated heterocycles. The van der Waals surface area contributed by atoms with Crippen molar-refractivity contribution >= 4 is 33.2 Å². The third-order valence-electron chi connectivity index (χ3n) is 6.01. The molecule has 2 heterocycles. The first-order valence-electron chi connectivity index (χ1n) is 11.1. The number of anilines is 2. The molecule has 0 bridgehead atoms. The Morgan fingerprint density at radius 2 is 1.79 bits per heavy atom. The van der Waals surface area contributed by atoms with E-state index in [9.17, 15) is 18.0 Å². The fourth-order valence-electron chi connectivity index (χ4n) is 4.45. The minimum atomic E-state index is -3.56. The number of rotatable bonds is 5. The van der Waals surface area contributed by atoms with Crippen LogP contribution in [0.15, 0.2) is 47.4 Å². The van der Waals surface area contributed by atoms with Crippen LogP contribution in [-0.2, 0) is 21.2 Å². The van der Waals surface area contributed by atoms with Gasteiger partial charge in [0.2, 0.25) is 0 Å². The fourth-order valence-corrected chi connectivity index (χ4v) is 5.36. The van der Waals surface area contributed by atoms with E-state index in [4.69, 9.17) is 4.74 Å². The lowest BCUT2D eigenvalue weighted by atomic mass is 10.00. The monoisotopic (exact) mass is 471 g/mol. The zero-order valence-corrected chi connectivity index (χ0v) is 19.9. The number of nitrogens with one attached hydrogen (secondary N) is 1. The molecule has 2 aromatic carbocycles. The molecule has 0 saturated carbocycles. The molecule has 0 spiro atoms. The third kappa shape index (κ3) is 4.83. The molecular weight excluding hydrogens is 442 g/mol. The number of piperidine rings is 1. The summed E-state index contributed by atoms with van der Waals surface area (Å²) in [5.74, 6) is -0.303. The highest BCUT2D eigenvalue weighted by atomic mass is 32.2. The Morgan fingerprint density at radius 3 is 2.45 bits per heavy atom. The number of fused-ring (bicyclic) bond motifs is 1. The van der Waals surface area contributed by atoms with Crippen LogP contribution in [0.1, 0.15) is 42.6 Å². The lowest BCUT2D eigenvalue weighted by molar-refractivity contribution is 0.0943. The maximum atomic E-state index is 12.6. The van der Waals surface area contributed by atoms with Gasteiger partial charge in [0.25, 0.3) is 5.91 Å². The van der Waals surface area contributed by atoms with Crippen LogP contribution in [0.4, 0.5) is 16.2 Å². The van der Waals surface area contributed by atoms with E-state index in [1.807, 2.05) is 43.0 Å². The van der Waals surface area contributed by atoms with Gasteiger partial charge < -0.3 is 15.0 Å². The van der Waals surface area contributed by atoms with Crippen molar-refractivity contribution in [1.29, 1.82) is 0 Å². The molecule has 0 unspecified atom stereocenters.